The number of imidazole rings is 1. The van der Waals surface area contributed by atoms with Crippen molar-refractivity contribution in [1.29, 1.82) is 0 Å². The molecule has 40 heavy (non-hydrogen) atoms. The first-order valence-electron chi connectivity index (χ1n) is 11.8. The van der Waals surface area contributed by atoms with Crippen LogP contribution in [0.3, 0.4) is 0 Å². The van der Waals surface area contributed by atoms with Crippen molar-refractivity contribution in [2.24, 2.45) is 5.16 Å². The number of carboxylic acids is 2. The van der Waals surface area contributed by atoms with Crippen molar-refractivity contribution in [2.75, 3.05) is 11.5 Å². The van der Waals surface area contributed by atoms with Crippen LogP contribution < -0.4 is 20.6 Å². The minimum absolute atomic E-state index is 0.0236. The fraction of sp³-hybridized carbons (Fsp3) is 0.292. The normalized spacial score (nSPS) is 19.3. The molecule has 3 aromatic heterocycles. The summed E-state index contributed by atoms with van der Waals surface area (Å²) in [7, 11) is 0. The number of hydrogen-bond acceptors (Lipinski definition) is 11. The number of nitrogens with one attached hydrogen (secondary N) is 1. The number of pyridine rings is 1. The van der Waals surface area contributed by atoms with Crippen LogP contribution in [0.2, 0.25) is 0 Å². The van der Waals surface area contributed by atoms with E-state index in [0.717, 1.165) is 21.9 Å². The van der Waals surface area contributed by atoms with Gasteiger partial charge in [0, 0.05) is 22.8 Å². The number of carbonyl (C=O) groups excluding carboxylic acids is 3. The number of carbonyl (C=O) groups is 4. The summed E-state index contributed by atoms with van der Waals surface area (Å²) in [5, 5.41) is 28.6. The minimum Gasteiger partial charge on any atom is -0.543 e. The highest BCUT2D eigenvalue weighted by atomic mass is 32.2. The Morgan fingerprint density at radius 3 is 2.80 bits per heavy atom. The molecule has 0 unspecified atom stereocenters. The molecule has 1 fully saturated rings. The molecule has 0 saturated carbocycles. The third kappa shape index (κ3) is 4.86. The van der Waals surface area contributed by atoms with Gasteiger partial charge < -0.3 is 30.9 Å². The zero-order valence-electron chi connectivity index (χ0n) is 21.1. The molecule has 4 N–H and O–H groups in total. The Labute approximate surface area is 234 Å². The van der Waals surface area contributed by atoms with Gasteiger partial charge in [-0.05, 0) is 19.9 Å². The maximum Gasteiger partial charge on any atom is 0.350 e. The summed E-state index contributed by atoms with van der Waals surface area (Å²) in [5.41, 5.74) is 4.66. The second kappa shape index (κ2) is 10.3. The van der Waals surface area contributed by atoms with E-state index in [1.165, 1.54) is 31.0 Å². The lowest BCUT2D eigenvalue weighted by molar-refractivity contribution is -0.510. The van der Waals surface area contributed by atoms with E-state index >= 15 is 0 Å². The first-order chi connectivity index (χ1) is 19.0. The second-order valence-electron chi connectivity index (χ2n) is 9.41. The first-order valence-corrected chi connectivity index (χ1v) is 13.8. The van der Waals surface area contributed by atoms with Crippen molar-refractivity contribution in [1.82, 2.24) is 19.8 Å². The third-order valence-electron chi connectivity index (χ3n) is 6.32. The lowest BCUT2D eigenvalue weighted by Crippen LogP contribution is -2.71. The molecule has 208 valence electrons. The molecule has 2 aliphatic heterocycles. The van der Waals surface area contributed by atoms with E-state index in [-0.39, 0.29) is 34.5 Å². The van der Waals surface area contributed by atoms with Gasteiger partial charge in [-0.3, -0.25) is 14.5 Å². The summed E-state index contributed by atoms with van der Waals surface area (Å²) < 4.78 is 3.75. The van der Waals surface area contributed by atoms with Crippen LogP contribution in [0.25, 0.3) is 5.65 Å². The van der Waals surface area contributed by atoms with Crippen LogP contribution in [0, 0.1) is 0 Å². The van der Waals surface area contributed by atoms with Crippen LogP contribution in [0.15, 0.2) is 58.6 Å². The van der Waals surface area contributed by atoms with Gasteiger partial charge in [0.25, 0.3) is 17.5 Å². The maximum atomic E-state index is 13.2. The van der Waals surface area contributed by atoms with Crippen molar-refractivity contribution in [2.45, 2.75) is 37.4 Å². The molecule has 0 aliphatic carbocycles. The summed E-state index contributed by atoms with van der Waals surface area (Å²) in [6, 6.07) is 4.54. The van der Waals surface area contributed by atoms with Crippen molar-refractivity contribution in [3.05, 3.63) is 59.1 Å². The van der Waals surface area contributed by atoms with Crippen LogP contribution >= 0.6 is 23.1 Å². The van der Waals surface area contributed by atoms with E-state index in [4.69, 9.17) is 10.6 Å². The van der Waals surface area contributed by atoms with Crippen molar-refractivity contribution < 1.29 is 38.6 Å². The topological polar surface area (TPSA) is 196 Å². The molecule has 2 atom stereocenters. The monoisotopic (exact) mass is 585 g/mol. The molecule has 5 heterocycles. The molecule has 1 saturated heterocycles. The summed E-state index contributed by atoms with van der Waals surface area (Å²) in [6.07, 6.45) is 5.51. The number of fused-ring (bicyclic) bond motifs is 2. The number of rotatable bonds is 9. The fourth-order valence-corrected chi connectivity index (χ4v) is 6.07. The fourth-order valence-electron chi connectivity index (χ4n) is 4.19. The summed E-state index contributed by atoms with van der Waals surface area (Å²) in [4.78, 5) is 60.2. The Morgan fingerprint density at radius 1 is 1.35 bits per heavy atom. The zero-order valence-corrected chi connectivity index (χ0v) is 22.8. The molecular weight excluding hydrogens is 562 g/mol. The molecule has 5 rings (SSSR count). The van der Waals surface area contributed by atoms with Gasteiger partial charge in [0.15, 0.2) is 10.8 Å². The lowest BCUT2D eigenvalue weighted by atomic mass is 10.0. The van der Waals surface area contributed by atoms with Gasteiger partial charge in [-0.1, -0.05) is 11.2 Å². The van der Waals surface area contributed by atoms with Crippen LogP contribution in [0.4, 0.5) is 5.13 Å². The Balaban J connectivity index is 1.37. The molecule has 0 bridgehead atoms. The molecule has 2 amide bonds. The highest BCUT2D eigenvalue weighted by molar-refractivity contribution is 8.00. The average Bonchev–Trinajstić information content (AvgIpc) is 3.53. The number of amides is 2. The van der Waals surface area contributed by atoms with Crippen molar-refractivity contribution >= 4 is 63.3 Å². The molecular formula is C24H23N7O7S2. The average molecular weight is 586 g/mol. The highest BCUT2D eigenvalue weighted by Crippen LogP contribution is 2.40. The molecule has 0 aromatic carbocycles. The number of nitrogens with zero attached hydrogens (tertiary/aromatic N) is 5. The van der Waals surface area contributed by atoms with Crippen molar-refractivity contribution in [3.63, 3.8) is 0 Å². The lowest BCUT2D eigenvalue weighted by Gasteiger charge is -2.50. The number of carboxylic acid groups (broad SMARTS) is 2. The Morgan fingerprint density at radius 2 is 2.12 bits per heavy atom. The summed E-state index contributed by atoms with van der Waals surface area (Å²) >= 11 is 2.32. The first kappa shape index (κ1) is 27.1. The van der Waals surface area contributed by atoms with Crippen LogP contribution in [0.1, 0.15) is 19.5 Å². The molecule has 0 spiro atoms. The highest BCUT2D eigenvalue weighted by Gasteiger charge is 2.53. The molecule has 16 heteroatoms. The number of thioether (sulfide) groups is 1. The number of aliphatic carboxylic acids is 2. The Bertz CT molecular complexity index is 1610. The summed E-state index contributed by atoms with van der Waals surface area (Å²) in [5.74, 6) is -4.04. The van der Waals surface area contributed by atoms with E-state index in [1.54, 1.807) is 0 Å². The van der Waals surface area contributed by atoms with Crippen LogP contribution in [0.5, 0.6) is 0 Å². The minimum atomic E-state index is -1.76. The predicted octanol–water partition coefficient (Wildman–Crippen LogP) is -1.05. The van der Waals surface area contributed by atoms with E-state index in [2.05, 4.69) is 15.5 Å². The van der Waals surface area contributed by atoms with Gasteiger partial charge in [-0.25, -0.2) is 18.7 Å². The SMILES string of the molecule is CC(C)(O/N=C(\C(=O)N[C@@H]1C(=O)N2C(C(=O)[O-])=C(Cn3cc[n+]4ccccc34)CS[C@H]12)c1csc(N)n1)C(=O)O. The van der Waals surface area contributed by atoms with Gasteiger partial charge in [0.05, 0.1) is 17.9 Å². The number of nitrogens with two attached hydrogens (primary N) is 1. The number of anilines is 1. The Kier molecular flexibility index (Phi) is 6.97. The Hall–Kier alpha value is -4.44. The van der Waals surface area contributed by atoms with Gasteiger partial charge in [0.1, 0.15) is 36.0 Å². The smallest absolute Gasteiger partial charge is 0.350 e. The zero-order chi connectivity index (χ0) is 28.8. The van der Waals surface area contributed by atoms with Gasteiger partial charge in [-0.2, -0.15) is 0 Å². The van der Waals surface area contributed by atoms with Crippen molar-refractivity contribution in [3.8, 4) is 0 Å². The molecule has 14 nitrogen and oxygen atoms in total. The van der Waals surface area contributed by atoms with E-state index in [9.17, 15) is 29.4 Å². The number of hydrogen-bond donors (Lipinski definition) is 3. The van der Waals surface area contributed by atoms with E-state index < -0.39 is 40.8 Å². The number of thiazole rings is 1. The van der Waals surface area contributed by atoms with Crippen LogP contribution in [-0.4, -0.2) is 71.8 Å². The molecule has 3 aromatic rings. The predicted molar refractivity (Wildman–Crippen MR) is 141 cm³/mol. The van der Waals surface area contributed by atoms with Crippen LogP contribution in [-0.2, 0) is 30.6 Å². The maximum absolute atomic E-state index is 13.2. The molecule has 2 aliphatic rings. The molecule has 0 radical (unpaired) electrons. The number of aromatic nitrogens is 3. The van der Waals surface area contributed by atoms with E-state index in [1.807, 2.05) is 45.8 Å². The number of oxime groups is 1. The second-order valence-corrected chi connectivity index (χ2v) is 11.4. The standard InChI is InChI=1S/C24H23N7O7S2/c1-24(2,22(36)37)38-28-15(13-11-40-23(25)26-13)18(32)27-16-19(33)31-17(21(34)35)12(10-39-20(16)31)9-30-8-7-29-6-4-3-5-14(29)30/h3-8,11,16,20H,9-10H2,1-2H3,(H4-,25,26,27,32,34,35,36,37)/b28-15-/t16-,20-/m1/s1. The van der Waals surface area contributed by atoms with Gasteiger partial charge in [-0.15, -0.1) is 23.1 Å². The largest absolute Gasteiger partial charge is 0.543 e. The number of nitrogen functional groups attached to an aromatic ring is 1. The van der Waals surface area contributed by atoms with E-state index in [0.29, 0.717) is 5.57 Å². The summed E-state index contributed by atoms with van der Waals surface area (Å²) in [6.45, 7) is 2.72. The number of β-lactam (4-membered cyclic amide) rings is 1. The van der Waals surface area contributed by atoms with Gasteiger partial charge >= 0.3 is 5.97 Å². The third-order valence-corrected chi connectivity index (χ3v) is 8.33. The van der Waals surface area contributed by atoms with Gasteiger partial charge in [0.2, 0.25) is 5.60 Å². The quantitative estimate of drug-likeness (QED) is 0.121.